The fraction of sp³-hybridized carbons (Fsp3) is 0.231. The van der Waals surface area contributed by atoms with Crippen molar-refractivity contribution in [1.82, 2.24) is 15.1 Å². The topological polar surface area (TPSA) is 90.1 Å². The van der Waals surface area contributed by atoms with Crippen LogP contribution in [0, 0.1) is 13.8 Å². The van der Waals surface area contributed by atoms with Gasteiger partial charge in [0.05, 0.1) is 22.0 Å². The highest BCUT2D eigenvalue weighted by Crippen LogP contribution is 2.30. The van der Waals surface area contributed by atoms with Crippen LogP contribution in [0.2, 0.25) is 0 Å². The number of nitrogens with one attached hydrogen (secondary N) is 1. The van der Waals surface area contributed by atoms with Crippen LogP contribution >= 0.6 is 11.3 Å². The number of aromatic nitrogens is 3. The average molecular weight is 475 g/mol. The summed E-state index contributed by atoms with van der Waals surface area (Å²) in [6.07, 6.45) is 3.25. The Morgan fingerprint density at radius 1 is 1.15 bits per heavy atom. The Hall–Kier alpha value is -3.78. The first-order chi connectivity index (χ1) is 16.4. The summed E-state index contributed by atoms with van der Waals surface area (Å²) >= 11 is 1.60. The Labute approximate surface area is 202 Å². The molecule has 1 N–H and O–H groups in total. The Balaban J connectivity index is 1.41. The Bertz CT molecular complexity index is 1310. The molecule has 2 aromatic heterocycles. The second-order valence-electron chi connectivity index (χ2n) is 8.15. The Morgan fingerprint density at radius 2 is 1.94 bits per heavy atom. The van der Waals surface area contributed by atoms with Crippen molar-refractivity contribution in [2.75, 3.05) is 5.32 Å². The molecule has 0 aliphatic rings. The van der Waals surface area contributed by atoms with Crippen molar-refractivity contribution in [3.05, 3.63) is 81.6 Å². The molecule has 0 spiro atoms. The highest BCUT2D eigenvalue weighted by atomic mass is 32.1. The van der Waals surface area contributed by atoms with E-state index in [2.05, 4.69) is 20.4 Å². The largest absolute Gasteiger partial charge is 0.487 e. The number of nitrogens with zero attached hydrogens (tertiary/aromatic N) is 3. The zero-order valence-electron chi connectivity index (χ0n) is 19.5. The van der Waals surface area contributed by atoms with Crippen LogP contribution in [-0.2, 0) is 11.4 Å². The van der Waals surface area contributed by atoms with Gasteiger partial charge in [0.25, 0.3) is 5.89 Å². The molecule has 8 heteroatoms. The van der Waals surface area contributed by atoms with Gasteiger partial charge < -0.3 is 14.6 Å². The zero-order valence-corrected chi connectivity index (χ0v) is 20.3. The Kier molecular flexibility index (Phi) is 7.18. The molecule has 0 saturated carbocycles. The number of amides is 1. The van der Waals surface area contributed by atoms with Crippen molar-refractivity contribution in [2.24, 2.45) is 0 Å². The molecule has 174 valence electrons. The molecule has 2 aromatic carbocycles. The zero-order chi connectivity index (χ0) is 24.1. The maximum absolute atomic E-state index is 12.7. The number of anilines is 1. The van der Waals surface area contributed by atoms with E-state index in [0.717, 1.165) is 27.6 Å². The molecule has 0 radical (unpaired) electrons. The maximum Gasteiger partial charge on any atom is 0.260 e. The van der Waals surface area contributed by atoms with E-state index in [9.17, 15) is 4.79 Å². The van der Waals surface area contributed by atoms with Crippen molar-refractivity contribution in [1.29, 1.82) is 0 Å². The van der Waals surface area contributed by atoms with Crippen LogP contribution in [0.1, 0.15) is 47.4 Å². The monoisotopic (exact) mass is 474 g/mol. The van der Waals surface area contributed by atoms with Crippen molar-refractivity contribution in [3.63, 3.8) is 0 Å². The number of benzene rings is 2. The second-order valence-corrected chi connectivity index (χ2v) is 9.21. The number of carbonyl (C=O) groups excluding carboxylic acids is 1. The number of ether oxygens (including phenoxy) is 1. The van der Waals surface area contributed by atoms with Crippen molar-refractivity contribution >= 4 is 29.0 Å². The van der Waals surface area contributed by atoms with E-state index in [1.165, 1.54) is 6.08 Å². The summed E-state index contributed by atoms with van der Waals surface area (Å²) in [6, 6.07) is 13.2. The molecule has 34 heavy (non-hydrogen) atoms. The summed E-state index contributed by atoms with van der Waals surface area (Å²) in [5, 5.41) is 10.00. The van der Waals surface area contributed by atoms with Crippen LogP contribution in [0.4, 0.5) is 5.69 Å². The van der Waals surface area contributed by atoms with Gasteiger partial charge in [0.1, 0.15) is 12.4 Å². The first-order valence-corrected chi connectivity index (χ1v) is 11.8. The molecule has 0 unspecified atom stereocenters. The van der Waals surface area contributed by atoms with Gasteiger partial charge in [-0.25, -0.2) is 4.98 Å². The number of para-hydroxylation sites is 1. The lowest BCUT2D eigenvalue weighted by Crippen LogP contribution is -2.10. The van der Waals surface area contributed by atoms with Gasteiger partial charge in [-0.15, -0.1) is 11.3 Å². The highest BCUT2D eigenvalue weighted by Gasteiger charge is 2.17. The third-order valence-electron chi connectivity index (χ3n) is 5.07. The third kappa shape index (κ3) is 5.77. The van der Waals surface area contributed by atoms with E-state index in [4.69, 9.17) is 9.26 Å². The molecule has 4 rings (SSSR count). The van der Waals surface area contributed by atoms with E-state index < -0.39 is 0 Å². The molecule has 0 fully saturated rings. The van der Waals surface area contributed by atoms with Gasteiger partial charge in [-0.3, -0.25) is 4.79 Å². The number of hydrogen-bond acceptors (Lipinski definition) is 7. The van der Waals surface area contributed by atoms with Crippen LogP contribution in [-0.4, -0.2) is 21.0 Å². The summed E-state index contributed by atoms with van der Waals surface area (Å²) in [6.45, 7) is 8.32. The number of carbonyl (C=O) groups is 1. The molecule has 0 atom stereocenters. The molecule has 4 aromatic rings. The van der Waals surface area contributed by atoms with Gasteiger partial charge in [-0.2, -0.15) is 4.98 Å². The SMILES string of the molecule is Cc1nc(COc2ccc(/C=C/C(=O)Nc3c(C)cccc3-c3nc(C(C)C)no3)cc2)cs1. The number of thiazole rings is 1. The van der Waals surface area contributed by atoms with Gasteiger partial charge in [0.2, 0.25) is 5.91 Å². The van der Waals surface area contributed by atoms with Crippen LogP contribution in [0.15, 0.2) is 58.4 Å². The number of hydrogen-bond donors (Lipinski definition) is 1. The standard InChI is InChI=1S/C26H26N4O3S/c1-16(2)25-29-26(33-30-25)22-7-5-6-17(3)24(22)28-23(31)13-10-19-8-11-21(12-9-19)32-14-20-15-34-18(4)27-20/h5-13,15-16H,14H2,1-4H3,(H,28,31)/b13-10+. The first-order valence-electron chi connectivity index (χ1n) is 11.0. The minimum Gasteiger partial charge on any atom is -0.487 e. The first kappa shape index (κ1) is 23.4. The molecule has 0 saturated heterocycles. The Morgan fingerprint density at radius 3 is 2.62 bits per heavy atom. The molecule has 0 aliphatic carbocycles. The second kappa shape index (κ2) is 10.4. The van der Waals surface area contributed by atoms with Crippen LogP contribution in [0.25, 0.3) is 17.5 Å². The lowest BCUT2D eigenvalue weighted by atomic mass is 10.1. The predicted octanol–water partition coefficient (Wildman–Crippen LogP) is 6.16. The van der Waals surface area contributed by atoms with Crippen molar-refractivity contribution in [3.8, 4) is 17.2 Å². The molecule has 1 amide bonds. The lowest BCUT2D eigenvalue weighted by Gasteiger charge is -2.10. The minimum atomic E-state index is -0.252. The van der Waals surface area contributed by atoms with E-state index in [-0.39, 0.29) is 11.8 Å². The van der Waals surface area contributed by atoms with Gasteiger partial charge in [-0.05, 0) is 49.2 Å². The van der Waals surface area contributed by atoms with Gasteiger partial charge >= 0.3 is 0 Å². The molecular formula is C26H26N4O3S. The summed E-state index contributed by atoms with van der Waals surface area (Å²) in [7, 11) is 0. The third-order valence-corrected chi connectivity index (χ3v) is 5.89. The summed E-state index contributed by atoms with van der Waals surface area (Å²) in [5.74, 6) is 1.66. The predicted molar refractivity (Wildman–Crippen MR) is 134 cm³/mol. The minimum absolute atomic E-state index is 0.150. The lowest BCUT2D eigenvalue weighted by molar-refractivity contribution is -0.111. The normalized spacial score (nSPS) is 11.3. The summed E-state index contributed by atoms with van der Waals surface area (Å²) < 4.78 is 11.2. The summed E-state index contributed by atoms with van der Waals surface area (Å²) in [4.78, 5) is 21.5. The molecule has 7 nitrogen and oxygen atoms in total. The van der Waals surface area contributed by atoms with Crippen LogP contribution in [0.5, 0.6) is 5.75 Å². The maximum atomic E-state index is 12.7. The summed E-state index contributed by atoms with van der Waals surface area (Å²) in [5.41, 5.74) is 4.05. The fourth-order valence-corrected chi connectivity index (χ4v) is 3.83. The van der Waals surface area contributed by atoms with Crippen molar-refractivity contribution < 1.29 is 14.1 Å². The van der Waals surface area contributed by atoms with Crippen molar-refractivity contribution in [2.45, 2.75) is 40.2 Å². The van der Waals surface area contributed by atoms with E-state index in [1.54, 1.807) is 17.4 Å². The van der Waals surface area contributed by atoms with Crippen LogP contribution < -0.4 is 10.1 Å². The molecule has 0 bridgehead atoms. The van der Waals surface area contributed by atoms with Gasteiger partial charge in [0.15, 0.2) is 5.82 Å². The smallest absolute Gasteiger partial charge is 0.260 e. The van der Waals surface area contributed by atoms with Gasteiger partial charge in [0, 0.05) is 17.4 Å². The van der Waals surface area contributed by atoms with E-state index >= 15 is 0 Å². The molecule has 0 aliphatic heterocycles. The molecular weight excluding hydrogens is 448 g/mol. The van der Waals surface area contributed by atoms with E-state index in [0.29, 0.717) is 29.6 Å². The molecule has 2 heterocycles. The van der Waals surface area contributed by atoms with Gasteiger partial charge in [-0.1, -0.05) is 43.3 Å². The number of aryl methyl sites for hydroxylation is 2. The van der Waals surface area contributed by atoms with Crippen LogP contribution in [0.3, 0.4) is 0 Å². The number of rotatable bonds is 8. The fourth-order valence-electron chi connectivity index (χ4n) is 3.23. The van der Waals surface area contributed by atoms with E-state index in [1.807, 2.05) is 75.5 Å². The average Bonchev–Trinajstić information content (AvgIpc) is 3.48. The quantitative estimate of drug-likeness (QED) is 0.307. The highest BCUT2D eigenvalue weighted by molar-refractivity contribution is 7.09.